The predicted molar refractivity (Wildman–Crippen MR) is 229 cm³/mol. The van der Waals surface area contributed by atoms with Crippen molar-refractivity contribution in [3.8, 4) is 11.8 Å². The molecule has 4 saturated heterocycles. The summed E-state index contributed by atoms with van der Waals surface area (Å²) in [5, 5.41) is 31.8. The summed E-state index contributed by atoms with van der Waals surface area (Å²) in [5.74, 6) is -0.637. The Balaban J connectivity index is 0.831. The van der Waals surface area contributed by atoms with E-state index in [0.717, 1.165) is 45.2 Å². The zero-order valence-corrected chi connectivity index (χ0v) is 35.9. The number of likely N-dealkylation sites (tertiary alicyclic amines) is 3. The molecule has 0 radical (unpaired) electrons. The molecule has 5 aliphatic rings. The van der Waals surface area contributed by atoms with Gasteiger partial charge in [-0.1, -0.05) is 0 Å². The Hall–Kier alpha value is -5.26. The third-order valence-electron chi connectivity index (χ3n) is 13.2. The lowest BCUT2D eigenvalue weighted by molar-refractivity contribution is -0.140. The van der Waals surface area contributed by atoms with Crippen molar-refractivity contribution in [3.63, 3.8) is 0 Å². The predicted octanol–water partition coefficient (Wildman–Crippen LogP) is -0.384. The number of nitrogens with zero attached hydrogens (tertiary/aromatic N) is 9. The molecule has 0 unspecified atom stereocenters. The number of aromatic nitrogens is 1. The van der Waals surface area contributed by atoms with Crippen LogP contribution in [0.25, 0.3) is 10.9 Å². The molecule has 1 aromatic heterocycles. The number of aliphatic carboxylic acids is 2. The zero-order chi connectivity index (χ0) is 44.5. The van der Waals surface area contributed by atoms with Gasteiger partial charge in [-0.15, -0.1) is 0 Å². The van der Waals surface area contributed by atoms with Gasteiger partial charge in [0, 0.05) is 109 Å². The Morgan fingerprint density at radius 2 is 1.43 bits per heavy atom. The van der Waals surface area contributed by atoms with E-state index < -0.39 is 18.0 Å². The van der Waals surface area contributed by atoms with Crippen molar-refractivity contribution in [3.05, 3.63) is 36.0 Å². The van der Waals surface area contributed by atoms with Crippen LogP contribution in [0, 0.1) is 29.1 Å². The lowest BCUT2D eigenvalue weighted by atomic mass is 9.92. The maximum absolute atomic E-state index is 13.6. The van der Waals surface area contributed by atoms with Crippen LogP contribution < -0.4 is 10.1 Å². The summed E-state index contributed by atoms with van der Waals surface area (Å²) in [6.07, 6.45) is 5.85. The number of carboxylic acids is 2. The summed E-state index contributed by atoms with van der Waals surface area (Å²) in [6, 6.07) is 9.04. The second-order valence-electron chi connectivity index (χ2n) is 17.8. The maximum Gasteiger partial charge on any atom is 0.317 e. The van der Waals surface area contributed by atoms with Gasteiger partial charge in [-0.2, -0.15) is 5.26 Å². The van der Waals surface area contributed by atoms with Crippen LogP contribution in [0.1, 0.15) is 36.0 Å². The number of carbonyl (C=O) groups excluding carboxylic acids is 4. The Morgan fingerprint density at radius 1 is 0.794 bits per heavy atom. The first kappa shape index (κ1) is 45.8. The van der Waals surface area contributed by atoms with E-state index in [1.807, 2.05) is 32.9 Å². The Morgan fingerprint density at radius 3 is 2.05 bits per heavy atom. The van der Waals surface area contributed by atoms with Crippen LogP contribution in [-0.4, -0.2) is 222 Å². The lowest BCUT2D eigenvalue weighted by Gasteiger charge is -2.42. The highest BCUT2D eigenvalue weighted by atomic mass is 16.5. The van der Waals surface area contributed by atoms with Crippen molar-refractivity contribution in [2.75, 3.05) is 124 Å². The number of rotatable bonds is 16. The molecule has 63 heavy (non-hydrogen) atoms. The second-order valence-corrected chi connectivity index (χ2v) is 17.8. The van der Waals surface area contributed by atoms with E-state index in [1.54, 1.807) is 27.0 Å². The fraction of sp³-hybridized carbons (Fsp3) is 0.636. The van der Waals surface area contributed by atoms with E-state index in [-0.39, 0.29) is 56.5 Å². The second kappa shape index (κ2) is 21.4. The first-order valence-corrected chi connectivity index (χ1v) is 22.2. The van der Waals surface area contributed by atoms with Gasteiger partial charge >= 0.3 is 11.9 Å². The number of aldehydes is 1. The molecule has 1 aliphatic carbocycles. The number of piperidine rings is 2. The number of nitrogens with one attached hydrogen (secondary N) is 1. The Labute approximate surface area is 367 Å². The fourth-order valence-corrected chi connectivity index (χ4v) is 9.58. The van der Waals surface area contributed by atoms with Gasteiger partial charge in [0.05, 0.1) is 56.5 Å². The molecule has 19 heteroatoms. The molecule has 4 aliphatic heterocycles. The number of hydrogen-bond donors (Lipinski definition) is 3. The van der Waals surface area contributed by atoms with Gasteiger partial charge < -0.3 is 39.8 Å². The minimum Gasteiger partial charge on any atom is -0.493 e. The fourth-order valence-electron chi connectivity index (χ4n) is 9.58. The largest absolute Gasteiger partial charge is 0.493 e. The average molecular weight is 873 g/mol. The number of hydrogen-bond acceptors (Lipinski definition) is 14. The Kier molecular flexibility index (Phi) is 15.5. The summed E-state index contributed by atoms with van der Waals surface area (Å²) in [7, 11) is 0. The molecule has 0 spiro atoms. The normalized spacial score (nSPS) is 23.8. The summed E-state index contributed by atoms with van der Waals surface area (Å²) >= 11 is 0. The Bertz CT molecular complexity index is 2020. The molecule has 1 aromatic carbocycles. The van der Waals surface area contributed by atoms with Gasteiger partial charge in [0.1, 0.15) is 18.1 Å². The van der Waals surface area contributed by atoms with E-state index in [4.69, 9.17) is 4.74 Å². The molecule has 3 N–H and O–H groups in total. The molecule has 5 heterocycles. The standard InChI is InChI=1S/C44H60N10O9/c45-22-34-19-33-20-39(33)54(34)40(56)23-47-44(62)36-3-6-46-38-2-1-35(21-37(36)38)63-30-32-25-52(26-32)24-31-4-7-53(8-5-31)41(57)27-49-11-9-48(17-18-55)10-12-50(28-42(58)59)15-16-51(14-13-49)29-43(60)61/h1-3,6,18,21,31-34,39H,4-5,7-17,19-20,23-30H2,(H,47,62)(H,58,59)(H,60,61)/t33-,34+,39+/m1/s1. The molecule has 5 fully saturated rings. The molecule has 3 amide bonds. The van der Waals surface area contributed by atoms with E-state index in [9.17, 15) is 44.2 Å². The highest BCUT2D eigenvalue weighted by Gasteiger charge is 2.54. The van der Waals surface area contributed by atoms with E-state index in [0.29, 0.717) is 118 Å². The molecule has 2 aromatic rings. The summed E-state index contributed by atoms with van der Waals surface area (Å²) in [5.41, 5.74) is 1.04. The van der Waals surface area contributed by atoms with Crippen LogP contribution in [0.4, 0.5) is 0 Å². The minimum atomic E-state index is -0.966. The summed E-state index contributed by atoms with van der Waals surface area (Å²) in [4.78, 5) is 92.3. The van der Waals surface area contributed by atoms with Gasteiger partial charge in [-0.25, -0.2) is 0 Å². The quantitative estimate of drug-likeness (QED) is 0.183. The highest BCUT2D eigenvalue weighted by molar-refractivity contribution is 6.07. The van der Waals surface area contributed by atoms with Gasteiger partial charge in [-0.05, 0) is 61.8 Å². The number of fused-ring (bicyclic) bond motifs is 2. The van der Waals surface area contributed by atoms with Gasteiger partial charge in [0.25, 0.3) is 5.91 Å². The monoisotopic (exact) mass is 872 g/mol. The number of carbonyl (C=O) groups is 6. The first-order valence-electron chi connectivity index (χ1n) is 22.2. The van der Waals surface area contributed by atoms with Crippen molar-refractivity contribution < 1.29 is 43.7 Å². The highest BCUT2D eigenvalue weighted by Crippen LogP contribution is 2.47. The van der Waals surface area contributed by atoms with Crippen molar-refractivity contribution in [2.45, 2.75) is 37.8 Å². The van der Waals surface area contributed by atoms with Crippen molar-refractivity contribution >= 4 is 46.8 Å². The topological polar surface area (TPSA) is 223 Å². The van der Waals surface area contributed by atoms with Crippen LogP contribution in [-0.2, 0) is 24.0 Å². The van der Waals surface area contributed by atoms with E-state index in [2.05, 4.69) is 21.3 Å². The molecule has 1 saturated carbocycles. The van der Waals surface area contributed by atoms with Gasteiger partial charge in [0.2, 0.25) is 11.8 Å². The summed E-state index contributed by atoms with van der Waals surface area (Å²) < 4.78 is 6.20. The lowest BCUT2D eigenvalue weighted by Crippen LogP contribution is -2.53. The molecule has 19 nitrogen and oxygen atoms in total. The number of nitriles is 1. The molecule has 7 rings (SSSR count). The first-order chi connectivity index (χ1) is 30.5. The van der Waals surface area contributed by atoms with Crippen molar-refractivity contribution in [1.82, 2.24) is 44.6 Å². The van der Waals surface area contributed by atoms with Crippen molar-refractivity contribution in [1.29, 1.82) is 5.26 Å². The number of carboxylic acid groups (broad SMARTS) is 2. The molecule has 0 bridgehead atoms. The minimum absolute atomic E-state index is 0.0387. The van der Waals surface area contributed by atoms with Crippen LogP contribution in [0.2, 0.25) is 0 Å². The zero-order valence-electron chi connectivity index (χ0n) is 35.9. The van der Waals surface area contributed by atoms with E-state index in [1.165, 1.54) is 0 Å². The number of pyridine rings is 1. The van der Waals surface area contributed by atoms with Crippen LogP contribution >= 0.6 is 0 Å². The molecule has 340 valence electrons. The van der Waals surface area contributed by atoms with Gasteiger partial charge in [0.15, 0.2) is 0 Å². The SMILES string of the molecule is N#C[C@@H]1C[C@@H]2C[C@@H]2N1C(=O)CNC(=O)c1ccnc2ccc(OCC3CN(CC4CCN(C(=O)CN5CCN(CC=O)CCN(CC(=O)O)CCN(CC(=O)O)CC5)CC4)C3)cc12. The third kappa shape index (κ3) is 12.5. The van der Waals surface area contributed by atoms with Crippen molar-refractivity contribution in [2.24, 2.45) is 17.8 Å². The van der Waals surface area contributed by atoms with Gasteiger partial charge in [-0.3, -0.25) is 48.6 Å². The number of benzene rings is 1. The average Bonchev–Trinajstić information content (AvgIpc) is 3.92. The maximum atomic E-state index is 13.6. The number of ether oxygens (including phenoxy) is 1. The third-order valence-corrected chi connectivity index (χ3v) is 13.2. The molecular weight excluding hydrogens is 813 g/mol. The van der Waals surface area contributed by atoms with Crippen LogP contribution in [0.3, 0.4) is 0 Å². The van der Waals surface area contributed by atoms with Crippen LogP contribution in [0.15, 0.2) is 30.5 Å². The smallest absolute Gasteiger partial charge is 0.317 e. The number of amides is 3. The van der Waals surface area contributed by atoms with Crippen LogP contribution in [0.5, 0.6) is 5.75 Å². The van der Waals surface area contributed by atoms with E-state index >= 15 is 0 Å². The summed E-state index contributed by atoms with van der Waals surface area (Å²) in [6.45, 7) is 8.11. The molecule has 3 atom stereocenters. The molecular formula is C44H60N10O9.